The molecule has 0 aliphatic heterocycles. The van der Waals surface area contributed by atoms with Crippen LogP contribution in [0.2, 0.25) is 0 Å². The summed E-state index contributed by atoms with van der Waals surface area (Å²) < 4.78 is 3.04. The van der Waals surface area contributed by atoms with Crippen LogP contribution < -0.4 is 5.73 Å². The maximum atomic E-state index is 6.39. The molecule has 1 rings (SSSR count). The third kappa shape index (κ3) is 3.80. The molecule has 0 bridgehead atoms. The van der Waals surface area contributed by atoms with E-state index in [4.69, 9.17) is 5.73 Å². The van der Waals surface area contributed by atoms with E-state index in [1.807, 2.05) is 10.9 Å². The number of aromatic nitrogens is 2. The highest BCUT2D eigenvalue weighted by Crippen LogP contribution is 2.30. The van der Waals surface area contributed by atoms with E-state index in [0.29, 0.717) is 11.8 Å². The average molecular weight is 317 g/mol. The molecule has 2 unspecified atom stereocenters. The second-order valence-corrected chi connectivity index (χ2v) is 6.39. The predicted molar refractivity (Wildman–Crippen MR) is 79.4 cm³/mol. The maximum absolute atomic E-state index is 6.39. The molecule has 2 N–H and O–H groups in total. The van der Waals surface area contributed by atoms with Crippen LogP contribution in [0, 0.1) is 11.8 Å². The standard InChI is InChI=1S/C13H25BrN4/c1-9(2)10(3)12(15)13-11(14)8-16-18(13)7-6-17(4)5/h8-10,12H,6-7,15H2,1-5H3. The summed E-state index contributed by atoms with van der Waals surface area (Å²) in [5.74, 6) is 0.986. The molecule has 4 nitrogen and oxygen atoms in total. The van der Waals surface area contributed by atoms with Crippen molar-refractivity contribution in [1.82, 2.24) is 14.7 Å². The third-order valence-electron chi connectivity index (χ3n) is 3.53. The molecular weight excluding hydrogens is 292 g/mol. The number of rotatable bonds is 6. The lowest BCUT2D eigenvalue weighted by molar-refractivity contribution is 0.323. The summed E-state index contributed by atoms with van der Waals surface area (Å²) in [5, 5.41) is 4.41. The minimum Gasteiger partial charge on any atom is -0.322 e. The molecule has 1 aromatic rings. The number of likely N-dealkylation sites (N-methyl/N-ethyl adjacent to an activating group) is 1. The Hall–Kier alpha value is -0.390. The molecule has 18 heavy (non-hydrogen) atoms. The van der Waals surface area contributed by atoms with Crippen LogP contribution >= 0.6 is 15.9 Å². The summed E-state index contributed by atoms with van der Waals surface area (Å²) in [6.45, 7) is 8.44. The van der Waals surface area contributed by atoms with Crippen LogP contribution in [0.3, 0.4) is 0 Å². The van der Waals surface area contributed by atoms with Crippen molar-refractivity contribution in [2.45, 2.75) is 33.4 Å². The SMILES string of the molecule is CC(C)C(C)C(N)c1c(Br)cnn1CCN(C)C. The fraction of sp³-hybridized carbons (Fsp3) is 0.769. The van der Waals surface area contributed by atoms with E-state index in [1.54, 1.807) is 0 Å². The van der Waals surface area contributed by atoms with Crippen molar-refractivity contribution in [3.05, 3.63) is 16.4 Å². The van der Waals surface area contributed by atoms with Crippen LogP contribution in [0.4, 0.5) is 0 Å². The first-order valence-electron chi connectivity index (χ1n) is 6.46. The van der Waals surface area contributed by atoms with Crippen molar-refractivity contribution < 1.29 is 0 Å². The zero-order valence-electron chi connectivity index (χ0n) is 12.0. The Kier molecular flexibility index (Phi) is 5.82. The summed E-state index contributed by atoms with van der Waals surface area (Å²) >= 11 is 3.57. The van der Waals surface area contributed by atoms with E-state index in [2.05, 4.69) is 60.8 Å². The van der Waals surface area contributed by atoms with Gasteiger partial charge in [-0.2, -0.15) is 5.10 Å². The van der Waals surface area contributed by atoms with Gasteiger partial charge in [-0.25, -0.2) is 0 Å². The molecule has 0 saturated heterocycles. The summed E-state index contributed by atoms with van der Waals surface area (Å²) in [7, 11) is 4.13. The van der Waals surface area contributed by atoms with E-state index in [9.17, 15) is 0 Å². The third-order valence-corrected chi connectivity index (χ3v) is 4.14. The first-order chi connectivity index (χ1) is 8.34. The van der Waals surface area contributed by atoms with Crippen molar-refractivity contribution >= 4 is 15.9 Å². The number of nitrogens with two attached hydrogens (primary N) is 1. The molecule has 0 spiro atoms. The van der Waals surface area contributed by atoms with Crippen molar-refractivity contribution in [2.24, 2.45) is 17.6 Å². The topological polar surface area (TPSA) is 47.1 Å². The fourth-order valence-electron chi connectivity index (χ4n) is 1.84. The second kappa shape index (κ2) is 6.68. The molecule has 0 aliphatic rings. The lowest BCUT2D eigenvalue weighted by atomic mass is 9.89. The van der Waals surface area contributed by atoms with Gasteiger partial charge in [-0.1, -0.05) is 20.8 Å². The van der Waals surface area contributed by atoms with E-state index in [1.165, 1.54) is 0 Å². The lowest BCUT2D eigenvalue weighted by Crippen LogP contribution is -2.28. The van der Waals surface area contributed by atoms with Crippen molar-refractivity contribution in [3.8, 4) is 0 Å². The normalized spacial score (nSPS) is 15.4. The largest absolute Gasteiger partial charge is 0.322 e. The van der Waals surface area contributed by atoms with Crippen LogP contribution in [-0.4, -0.2) is 35.3 Å². The van der Waals surface area contributed by atoms with E-state index < -0.39 is 0 Å². The van der Waals surface area contributed by atoms with Gasteiger partial charge in [-0.3, -0.25) is 4.68 Å². The van der Waals surface area contributed by atoms with Gasteiger partial charge >= 0.3 is 0 Å². The first kappa shape index (κ1) is 15.7. The molecular formula is C13H25BrN4. The molecule has 1 heterocycles. The van der Waals surface area contributed by atoms with Crippen molar-refractivity contribution in [2.75, 3.05) is 20.6 Å². The number of hydrogen-bond donors (Lipinski definition) is 1. The Morgan fingerprint density at radius 3 is 2.50 bits per heavy atom. The summed E-state index contributed by atoms with van der Waals surface area (Å²) in [4.78, 5) is 2.15. The first-order valence-corrected chi connectivity index (χ1v) is 7.25. The molecule has 0 aliphatic carbocycles. The number of halogens is 1. The van der Waals surface area contributed by atoms with Gasteiger partial charge < -0.3 is 10.6 Å². The second-order valence-electron chi connectivity index (χ2n) is 5.53. The quantitative estimate of drug-likeness (QED) is 0.877. The van der Waals surface area contributed by atoms with Gasteiger partial charge in [0.15, 0.2) is 0 Å². The zero-order valence-corrected chi connectivity index (χ0v) is 13.6. The lowest BCUT2D eigenvalue weighted by Gasteiger charge is -2.25. The molecule has 0 amide bonds. The Morgan fingerprint density at radius 2 is 2.00 bits per heavy atom. The van der Waals surface area contributed by atoms with Crippen LogP contribution in [0.15, 0.2) is 10.7 Å². The molecule has 0 aromatic carbocycles. The smallest absolute Gasteiger partial charge is 0.0696 e. The van der Waals surface area contributed by atoms with Crippen molar-refractivity contribution in [1.29, 1.82) is 0 Å². The van der Waals surface area contributed by atoms with Gasteiger partial charge in [0.05, 0.1) is 29.0 Å². The maximum Gasteiger partial charge on any atom is 0.0696 e. The summed E-state index contributed by atoms with van der Waals surface area (Å²) in [6.07, 6.45) is 1.85. The number of nitrogens with zero attached hydrogens (tertiary/aromatic N) is 3. The Balaban J connectivity index is 2.89. The molecule has 0 saturated carbocycles. The van der Waals surface area contributed by atoms with Gasteiger partial charge in [-0.05, 0) is 41.9 Å². The van der Waals surface area contributed by atoms with Gasteiger partial charge in [-0.15, -0.1) is 0 Å². The summed E-state index contributed by atoms with van der Waals surface area (Å²) in [6, 6.07) is 0.0176. The van der Waals surface area contributed by atoms with Gasteiger partial charge in [0, 0.05) is 6.54 Å². The molecule has 5 heteroatoms. The van der Waals surface area contributed by atoms with Crippen LogP contribution in [0.25, 0.3) is 0 Å². The number of hydrogen-bond acceptors (Lipinski definition) is 3. The van der Waals surface area contributed by atoms with Crippen LogP contribution in [0.5, 0.6) is 0 Å². The highest BCUT2D eigenvalue weighted by molar-refractivity contribution is 9.10. The molecule has 0 fully saturated rings. The van der Waals surface area contributed by atoms with Crippen LogP contribution in [-0.2, 0) is 6.54 Å². The fourth-order valence-corrected chi connectivity index (χ4v) is 2.40. The Labute approximate surface area is 119 Å². The average Bonchev–Trinajstić information content (AvgIpc) is 2.65. The van der Waals surface area contributed by atoms with Gasteiger partial charge in [0.1, 0.15) is 0 Å². The zero-order chi connectivity index (χ0) is 13.9. The van der Waals surface area contributed by atoms with E-state index >= 15 is 0 Å². The molecule has 104 valence electrons. The molecule has 0 radical (unpaired) electrons. The minimum atomic E-state index is 0.0176. The molecule has 2 atom stereocenters. The van der Waals surface area contributed by atoms with E-state index in [-0.39, 0.29) is 6.04 Å². The van der Waals surface area contributed by atoms with E-state index in [0.717, 1.165) is 23.3 Å². The molecule has 1 aromatic heterocycles. The van der Waals surface area contributed by atoms with Crippen molar-refractivity contribution in [3.63, 3.8) is 0 Å². The van der Waals surface area contributed by atoms with Gasteiger partial charge in [0.2, 0.25) is 0 Å². The highest BCUT2D eigenvalue weighted by Gasteiger charge is 2.24. The summed E-state index contributed by atoms with van der Waals surface area (Å²) in [5.41, 5.74) is 7.50. The Bertz CT molecular complexity index is 373. The minimum absolute atomic E-state index is 0.0176. The predicted octanol–water partition coefficient (Wildman–Crippen LogP) is 2.50. The monoisotopic (exact) mass is 316 g/mol. The Morgan fingerprint density at radius 1 is 1.39 bits per heavy atom. The highest BCUT2D eigenvalue weighted by atomic mass is 79.9. The van der Waals surface area contributed by atoms with Crippen LogP contribution in [0.1, 0.15) is 32.5 Å². The van der Waals surface area contributed by atoms with Gasteiger partial charge in [0.25, 0.3) is 0 Å².